The van der Waals surface area contributed by atoms with Crippen molar-refractivity contribution in [3.63, 3.8) is 0 Å². The zero-order chi connectivity index (χ0) is 12.3. The van der Waals surface area contributed by atoms with Gasteiger partial charge in [-0.15, -0.1) is 0 Å². The van der Waals surface area contributed by atoms with E-state index in [4.69, 9.17) is 0 Å². The first-order valence-electron chi connectivity index (χ1n) is 5.00. The Kier molecular flexibility index (Phi) is 3.14. The van der Waals surface area contributed by atoms with E-state index < -0.39 is 5.97 Å². The smallest absolute Gasteiger partial charge is 0.340 e. The van der Waals surface area contributed by atoms with E-state index in [9.17, 15) is 9.18 Å². The second-order valence-electron chi connectivity index (χ2n) is 3.42. The third-order valence-electron chi connectivity index (χ3n) is 2.38. The highest BCUT2D eigenvalue weighted by molar-refractivity contribution is 5.96. The second kappa shape index (κ2) is 4.74. The molecule has 0 radical (unpaired) electrons. The molecule has 17 heavy (non-hydrogen) atoms. The zero-order valence-electron chi connectivity index (χ0n) is 9.18. The van der Waals surface area contributed by atoms with Crippen molar-refractivity contribution in [2.75, 3.05) is 7.11 Å². The van der Waals surface area contributed by atoms with Gasteiger partial charge in [0, 0.05) is 12.4 Å². The van der Waals surface area contributed by atoms with Crippen LogP contribution in [0.2, 0.25) is 0 Å². The first-order chi connectivity index (χ1) is 8.22. The van der Waals surface area contributed by atoms with Crippen LogP contribution in [0.15, 0.2) is 42.7 Å². The minimum absolute atomic E-state index is 0.317. The van der Waals surface area contributed by atoms with Gasteiger partial charge in [-0.25, -0.2) is 9.18 Å². The number of methoxy groups -OCH3 is 1. The molecule has 0 atom stereocenters. The highest BCUT2D eigenvalue weighted by Crippen LogP contribution is 2.23. The van der Waals surface area contributed by atoms with Crippen molar-refractivity contribution >= 4 is 5.97 Å². The van der Waals surface area contributed by atoms with Gasteiger partial charge in [-0.3, -0.25) is 4.98 Å². The number of esters is 1. The first-order valence-corrected chi connectivity index (χ1v) is 5.00. The van der Waals surface area contributed by atoms with Crippen LogP contribution in [0.4, 0.5) is 4.39 Å². The van der Waals surface area contributed by atoms with E-state index in [2.05, 4.69) is 9.72 Å². The molecule has 0 spiro atoms. The first kappa shape index (κ1) is 11.3. The van der Waals surface area contributed by atoms with Crippen LogP contribution < -0.4 is 0 Å². The Balaban J connectivity index is 2.51. The highest BCUT2D eigenvalue weighted by Gasteiger charge is 2.12. The fraction of sp³-hybridized carbons (Fsp3) is 0.0769. The number of rotatable bonds is 2. The molecular weight excluding hydrogens is 221 g/mol. The summed E-state index contributed by atoms with van der Waals surface area (Å²) in [5.74, 6) is -0.778. The maximum absolute atomic E-state index is 12.8. The standard InChI is InChI=1S/C13H10FNO2/c1-17-13(16)12-8-15-7-6-11(12)9-2-4-10(14)5-3-9/h2-8H,1H3. The normalized spacial score (nSPS) is 10.0. The molecule has 0 aliphatic rings. The molecule has 1 heterocycles. The predicted octanol–water partition coefficient (Wildman–Crippen LogP) is 2.67. The summed E-state index contributed by atoms with van der Waals surface area (Å²) in [6.07, 6.45) is 3.01. The van der Waals surface area contributed by atoms with Gasteiger partial charge in [0.2, 0.25) is 0 Å². The number of hydrogen-bond acceptors (Lipinski definition) is 3. The molecule has 1 aromatic carbocycles. The van der Waals surface area contributed by atoms with Crippen molar-refractivity contribution in [3.8, 4) is 11.1 Å². The quantitative estimate of drug-likeness (QED) is 0.746. The summed E-state index contributed by atoms with van der Waals surface area (Å²) < 4.78 is 17.5. The van der Waals surface area contributed by atoms with E-state index >= 15 is 0 Å². The lowest BCUT2D eigenvalue weighted by molar-refractivity contribution is 0.0601. The molecule has 3 nitrogen and oxygen atoms in total. The van der Waals surface area contributed by atoms with Crippen molar-refractivity contribution in [2.45, 2.75) is 0 Å². The number of carbonyl (C=O) groups is 1. The fourth-order valence-corrected chi connectivity index (χ4v) is 1.55. The molecule has 0 unspecified atom stereocenters. The second-order valence-corrected chi connectivity index (χ2v) is 3.42. The lowest BCUT2D eigenvalue weighted by atomic mass is 10.0. The largest absolute Gasteiger partial charge is 0.465 e. The van der Waals surface area contributed by atoms with Gasteiger partial charge in [-0.1, -0.05) is 12.1 Å². The van der Waals surface area contributed by atoms with Crippen molar-refractivity contribution < 1.29 is 13.9 Å². The molecule has 2 aromatic rings. The number of aromatic nitrogens is 1. The molecule has 1 aromatic heterocycles. The van der Waals surface area contributed by atoms with Crippen LogP contribution in [-0.2, 0) is 4.74 Å². The fourth-order valence-electron chi connectivity index (χ4n) is 1.55. The van der Waals surface area contributed by atoms with Gasteiger partial charge < -0.3 is 4.74 Å². The molecule has 0 aliphatic carbocycles. The van der Waals surface area contributed by atoms with Gasteiger partial charge in [-0.05, 0) is 29.3 Å². The molecule has 0 amide bonds. The lowest BCUT2D eigenvalue weighted by Crippen LogP contribution is -2.04. The Bertz CT molecular complexity index is 537. The molecular formula is C13H10FNO2. The molecule has 86 valence electrons. The number of nitrogens with zero attached hydrogens (tertiary/aromatic N) is 1. The zero-order valence-corrected chi connectivity index (χ0v) is 9.18. The predicted molar refractivity (Wildman–Crippen MR) is 61.0 cm³/mol. The molecule has 0 bridgehead atoms. The lowest BCUT2D eigenvalue weighted by Gasteiger charge is -2.06. The number of halogens is 1. The minimum atomic E-state index is -0.461. The Morgan fingerprint density at radius 2 is 1.94 bits per heavy atom. The van der Waals surface area contributed by atoms with Gasteiger partial charge in [0.1, 0.15) is 5.82 Å². The SMILES string of the molecule is COC(=O)c1cnccc1-c1ccc(F)cc1. The Morgan fingerprint density at radius 1 is 1.24 bits per heavy atom. The summed E-state index contributed by atoms with van der Waals surface area (Å²) in [6.45, 7) is 0. The third kappa shape index (κ3) is 2.30. The Labute approximate surface area is 97.9 Å². The Morgan fingerprint density at radius 3 is 2.59 bits per heavy atom. The van der Waals surface area contributed by atoms with E-state index in [0.29, 0.717) is 11.1 Å². The van der Waals surface area contributed by atoms with Crippen molar-refractivity contribution in [3.05, 3.63) is 54.1 Å². The average Bonchev–Trinajstić information content (AvgIpc) is 2.39. The van der Waals surface area contributed by atoms with E-state index in [1.807, 2.05) is 0 Å². The van der Waals surface area contributed by atoms with Crippen LogP contribution >= 0.6 is 0 Å². The molecule has 2 rings (SSSR count). The van der Waals surface area contributed by atoms with Crippen LogP contribution in [0.3, 0.4) is 0 Å². The molecule has 0 saturated carbocycles. The summed E-state index contributed by atoms with van der Waals surface area (Å²) >= 11 is 0. The van der Waals surface area contributed by atoms with Crippen molar-refractivity contribution in [1.82, 2.24) is 4.98 Å². The summed E-state index contributed by atoms with van der Waals surface area (Å²) in [6, 6.07) is 7.60. The van der Waals surface area contributed by atoms with E-state index in [1.54, 1.807) is 24.4 Å². The van der Waals surface area contributed by atoms with Gasteiger partial charge >= 0.3 is 5.97 Å². The molecule has 0 aliphatic heterocycles. The Hall–Kier alpha value is -2.23. The van der Waals surface area contributed by atoms with Crippen LogP contribution in [0.1, 0.15) is 10.4 Å². The maximum atomic E-state index is 12.8. The number of carbonyl (C=O) groups excluding carboxylic acids is 1. The van der Waals surface area contributed by atoms with Crippen LogP contribution in [0.5, 0.6) is 0 Å². The summed E-state index contributed by atoms with van der Waals surface area (Å²) in [5, 5.41) is 0. The van der Waals surface area contributed by atoms with Crippen LogP contribution in [-0.4, -0.2) is 18.1 Å². The van der Waals surface area contributed by atoms with Crippen LogP contribution in [0.25, 0.3) is 11.1 Å². The summed E-state index contributed by atoms with van der Waals surface area (Å²) in [5.41, 5.74) is 1.78. The van der Waals surface area contributed by atoms with E-state index in [0.717, 1.165) is 5.56 Å². The third-order valence-corrected chi connectivity index (χ3v) is 2.38. The number of ether oxygens (including phenoxy) is 1. The van der Waals surface area contributed by atoms with Crippen LogP contribution in [0, 0.1) is 5.82 Å². The van der Waals surface area contributed by atoms with Gasteiger partial charge in [0.15, 0.2) is 0 Å². The number of benzene rings is 1. The molecule has 0 N–H and O–H groups in total. The summed E-state index contributed by atoms with van der Waals surface area (Å²) in [4.78, 5) is 15.4. The van der Waals surface area contributed by atoms with Crippen molar-refractivity contribution in [1.29, 1.82) is 0 Å². The molecule has 0 fully saturated rings. The summed E-state index contributed by atoms with van der Waals surface area (Å²) in [7, 11) is 1.31. The molecule has 4 heteroatoms. The number of pyridine rings is 1. The average molecular weight is 231 g/mol. The highest BCUT2D eigenvalue weighted by atomic mass is 19.1. The monoisotopic (exact) mass is 231 g/mol. The van der Waals surface area contributed by atoms with Gasteiger partial charge in [0.05, 0.1) is 12.7 Å². The maximum Gasteiger partial charge on any atom is 0.340 e. The number of hydrogen-bond donors (Lipinski definition) is 0. The van der Waals surface area contributed by atoms with Crippen molar-refractivity contribution in [2.24, 2.45) is 0 Å². The van der Waals surface area contributed by atoms with E-state index in [-0.39, 0.29) is 5.82 Å². The molecule has 0 saturated heterocycles. The van der Waals surface area contributed by atoms with E-state index in [1.165, 1.54) is 25.4 Å². The minimum Gasteiger partial charge on any atom is -0.465 e. The van der Waals surface area contributed by atoms with Gasteiger partial charge in [0.25, 0.3) is 0 Å². The topological polar surface area (TPSA) is 39.2 Å². The van der Waals surface area contributed by atoms with Gasteiger partial charge in [-0.2, -0.15) is 0 Å².